The van der Waals surface area contributed by atoms with E-state index in [1.54, 1.807) is 24.3 Å². The van der Waals surface area contributed by atoms with E-state index in [-0.39, 0.29) is 0 Å². The highest BCUT2D eigenvalue weighted by molar-refractivity contribution is 7.88. The largest absolute Gasteiger partial charge is 0.463 e. The second kappa shape index (κ2) is 5.66. The Hall–Kier alpha value is -1.98. The minimum Gasteiger partial charge on any atom is -0.463 e. The standard InChI is InChI=1S/C16H14ClNO3S/c1-22(19,20)18-11-15(12-5-3-2-4-6-12)21-16(18)13-7-9-14(17)10-8-13/h2-11,16H,1H3. The van der Waals surface area contributed by atoms with Gasteiger partial charge in [0.1, 0.15) is 5.76 Å². The Bertz CT molecular complexity index is 801. The fraction of sp³-hybridized carbons (Fsp3) is 0.125. The third-order valence-electron chi connectivity index (χ3n) is 3.31. The summed E-state index contributed by atoms with van der Waals surface area (Å²) in [5.41, 5.74) is 1.55. The third-order valence-corrected chi connectivity index (χ3v) is 4.63. The molecule has 1 atom stereocenters. The molecule has 2 aromatic carbocycles. The summed E-state index contributed by atoms with van der Waals surface area (Å²) >= 11 is 5.88. The van der Waals surface area contributed by atoms with Crippen LogP contribution in [0.1, 0.15) is 17.4 Å². The van der Waals surface area contributed by atoms with Crippen LogP contribution in [-0.2, 0) is 14.8 Å². The molecule has 4 nitrogen and oxygen atoms in total. The highest BCUT2D eigenvalue weighted by atomic mass is 35.5. The summed E-state index contributed by atoms with van der Waals surface area (Å²) in [5.74, 6) is 0.519. The first-order chi connectivity index (χ1) is 10.4. The Kier molecular flexibility index (Phi) is 3.85. The van der Waals surface area contributed by atoms with Gasteiger partial charge in [-0.2, -0.15) is 0 Å². The zero-order valence-corrected chi connectivity index (χ0v) is 13.4. The van der Waals surface area contributed by atoms with E-state index in [0.29, 0.717) is 10.8 Å². The van der Waals surface area contributed by atoms with Crippen LogP contribution in [0.2, 0.25) is 5.02 Å². The first-order valence-electron chi connectivity index (χ1n) is 6.63. The van der Waals surface area contributed by atoms with E-state index < -0.39 is 16.3 Å². The number of nitrogens with zero attached hydrogens (tertiary/aromatic N) is 1. The average Bonchev–Trinajstić information content (AvgIpc) is 2.94. The van der Waals surface area contributed by atoms with Gasteiger partial charge >= 0.3 is 0 Å². The van der Waals surface area contributed by atoms with Crippen molar-refractivity contribution < 1.29 is 13.2 Å². The number of rotatable bonds is 3. The van der Waals surface area contributed by atoms with Crippen LogP contribution in [0.4, 0.5) is 0 Å². The van der Waals surface area contributed by atoms with Gasteiger partial charge in [-0.3, -0.25) is 0 Å². The van der Waals surface area contributed by atoms with Crippen LogP contribution >= 0.6 is 11.6 Å². The molecule has 0 radical (unpaired) electrons. The summed E-state index contributed by atoms with van der Waals surface area (Å²) in [4.78, 5) is 0. The highest BCUT2D eigenvalue weighted by Crippen LogP contribution is 2.37. The van der Waals surface area contributed by atoms with Crippen molar-refractivity contribution in [2.45, 2.75) is 6.23 Å². The average molecular weight is 336 g/mol. The molecule has 0 saturated heterocycles. The Morgan fingerprint density at radius 2 is 1.68 bits per heavy atom. The topological polar surface area (TPSA) is 46.6 Å². The predicted octanol–water partition coefficient (Wildman–Crippen LogP) is 3.63. The molecule has 2 aromatic rings. The van der Waals surface area contributed by atoms with E-state index in [2.05, 4.69) is 0 Å². The first-order valence-corrected chi connectivity index (χ1v) is 8.86. The molecule has 1 unspecified atom stereocenters. The number of hydrogen-bond acceptors (Lipinski definition) is 3. The van der Waals surface area contributed by atoms with Crippen LogP contribution in [0.3, 0.4) is 0 Å². The lowest BCUT2D eigenvalue weighted by Gasteiger charge is -2.22. The van der Waals surface area contributed by atoms with Crippen molar-refractivity contribution in [3.63, 3.8) is 0 Å². The molecule has 1 aliphatic rings. The molecule has 0 aromatic heterocycles. The van der Waals surface area contributed by atoms with Gasteiger partial charge in [-0.25, -0.2) is 12.7 Å². The SMILES string of the molecule is CS(=O)(=O)N1C=C(c2ccccc2)OC1c1ccc(Cl)cc1. The van der Waals surface area contributed by atoms with Gasteiger partial charge in [-0.15, -0.1) is 0 Å². The number of hydrogen-bond donors (Lipinski definition) is 0. The maximum atomic E-state index is 12.0. The molecule has 1 heterocycles. The van der Waals surface area contributed by atoms with Crippen molar-refractivity contribution in [1.82, 2.24) is 4.31 Å². The molecular weight excluding hydrogens is 322 g/mol. The van der Waals surface area contributed by atoms with Crippen molar-refractivity contribution in [3.05, 3.63) is 76.9 Å². The first kappa shape index (κ1) is 14.9. The lowest BCUT2D eigenvalue weighted by molar-refractivity contribution is 0.119. The molecule has 0 fully saturated rings. The lowest BCUT2D eigenvalue weighted by Crippen LogP contribution is -2.26. The molecule has 0 saturated carbocycles. The van der Waals surface area contributed by atoms with Crippen molar-refractivity contribution in [2.24, 2.45) is 0 Å². The molecule has 6 heteroatoms. The van der Waals surface area contributed by atoms with Gasteiger partial charge in [-0.05, 0) is 12.1 Å². The zero-order valence-electron chi connectivity index (χ0n) is 11.8. The molecule has 114 valence electrons. The van der Waals surface area contributed by atoms with Crippen molar-refractivity contribution in [2.75, 3.05) is 6.26 Å². The summed E-state index contributed by atoms with van der Waals surface area (Å²) in [6.07, 6.45) is 1.95. The molecule has 0 spiro atoms. The van der Waals surface area contributed by atoms with Gasteiger partial charge in [-0.1, -0.05) is 54.1 Å². The van der Waals surface area contributed by atoms with Gasteiger partial charge < -0.3 is 4.74 Å². The number of sulfonamides is 1. The monoisotopic (exact) mass is 335 g/mol. The van der Waals surface area contributed by atoms with E-state index in [1.807, 2.05) is 30.3 Å². The van der Waals surface area contributed by atoms with E-state index in [4.69, 9.17) is 16.3 Å². The quantitative estimate of drug-likeness (QED) is 0.860. The van der Waals surface area contributed by atoms with Gasteiger partial charge in [0.05, 0.1) is 12.5 Å². The predicted molar refractivity (Wildman–Crippen MR) is 86.4 cm³/mol. The van der Waals surface area contributed by atoms with Gasteiger partial charge in [0.2, 0.25) is 16.3 Å². The van der Waals surface area contributed by atoms with E-state index in [9.17, 15) is 8.42 Å². The summed E-state index contributed by atoms with van der Waals surface area (Å²) in [5, 5.41) is 0.587. The maximum Gasteiger partial charge on any atom is 0.235 e. The van der Waals surface area contributed by atoms with Gasteiger partial charge in [0.25, 0.3) is 0 Å². The molecule has 0 bridgehead atoms. The van der Waals surface area contributed by atoms with E-state index in [0.717, 1.165) is 17.4 Å². The number of halogens is 1. The molecule has 1 aliphatic heterocycles. The summed E-state index contributed by atoms with van der Waals surface area (Å²) < 4.78 is 31.2. The molecule has 0 amide bonds. The van der Waals surface area contributed by atoms with Crippen LogP contribution in [0.25, 0.3) is 5.76 Å². The van der Waals surface area contributed by atoms with Crippen LogP contribution in [0.5, 0.6) is 0 Å². The third kappa shape index (κ3) is 2.96. The fourth-order valence-electron chi connectivity index (χ4n) is 2.24. The van der Waals surface area contributed by atoms with Crippen molar-refractivity contribution in [1.29, 1.82) is 0 Å². The van der Waals surface area contributed by atoms with Crippen LogP contribution < -0.4 is 0 Å². The zero-order chi connectivity index (χ0) is 15.7. The second-order valence-corrected chi connectivity index (χ2v) is 7.30. The second-order valence-electron chi connectivity index (χ2n) is 4.97. The van der Waals surface area contributed by atoms with Gasteiger partial charge in [0.15, 0.2) is 0 Å². The summed E-state index contributed by atoms with van der Waals surface area (Å²) in [6.45, 7) is 0. The minimum absolute atomic E-state index is 0.519. The Balaban J connectivity index is 2.00. The molecule has 0 aliphatic carbocycles. The van der Waals surface area contributed by atoms with E-state index in [1.165, 1.54) is 10.5 Å². The maximum absolute atomic E-state index is 12.0. The van der Waals surface area contributed by atoms with Crippen LogP contribution in [-0.4, -0.2) is 19.0 Å². The fourth-order valence-corrected chi connectivity index (χ4v) is 3.17. The summed E-state index contributed by atoms with van der Waals surface area (Å²) in [6, 6.07) is 16.3. The minimum atomic E-state index is -3.45. The Morgan fingerprint density at radius 3 is 2.27 bits per heavy atom. The van der Waals surface area contributed by atoms with E-state index >= 15 is 0 Å². The summed E-state index contributed by atoms with van der Waals surface area (Å²) in [7, 11) is -3.45. The number of benzene rings is 2. The molecular formula is C16H14ClNO3S. The molecule has 22 heavy (non-hydrogen) atoms. The van der Waals surface area contributed by atoms with Gasteiger partial charge in [0, 0.05) is 16.1 Å². The van der Waals surface area contributed by atoms with Crippen molar-refractivity contribution in [3.8, 4) is 0 Å². The smallest absolute Gasteiger partial charge is 0.235 e. The number of ether oxygens (including phenoxy) is 1. The molecule has 0 N–H and O–H groups in total. The Labute approximate surface area is 134 Å². The lowest BCUT2D eigenvalue weighted by atomic mass is 10.2. The molecule has 3 rings (SSSR count). The van der Waals surface area contributed by atoms with Crippen LogP contribution in [0.15, 0.2) is 60.8 Å². The van der Waals surface area contributed by atoms with Crippen molar-refractivity contribution >= 4 is 27.4 Å². The Morgan fingerprint density at radius 1 is 1.05 bits per heavy atom. The normalized spacial score (nSPS) is 18.0. The highest BCUT2D eigenvalue weighted by Gasteiger charge is 2.34. The van der Waals surface area contributed by atoms with Crippen LogP contribution in [0, 0.1) is 0 Å².